The van der Waals surface area contributed by atoms with E-state index < -0.39 is 6.04 Å². The van der Waals surface area contributed by atoms with Gasteiger partial charge in [-0.2, -0.15) is 0 Å². The van der Waals surface area contributed by atoms with Crippen LogP contribution in [0.4, 0.5) is 5.69 Å². The highest BCUT2D eigenvalue weighted by molar-refractivity contribution is 5.86. The minimum atomic E-state index is -0.657. The number of esters is 1. The summed E-state index contributed by atoms with van der Waals surface area (Å²) in [6.45, 7) is 2.64. The fraction of sp³-hybridized carbons (Fsp3) is 0.429. The summed E-state index contributed by atoms with van der Waals surface area (Å²) in [7, 11) is 0. The zero-order valence-corrected chi connectivity index (χ0v) is 11.0. The number of amides is 1. The van der Waals surface area contributed by atoms with Crippen LogP contribution in [0.5, 0.6) is 0 Å². The lowest BCUT2D eigenvalue weighted by Gasteiger charge is -2.26. The van der Waals surface area contributed by atoms with Crippen LogP contribution in [0, 0.1) is 0 Å². The lowest BCUT2D eigenvalue weighted by molar-refractivity contribution is -0.153. The Bertz CT molecular complexity index is 470. The summed E-state index contributed by atoms with van der Waals surface area (Å²) in [5.41, 5.74) is 7.01. The van der Waals surface area contributed by atoms with Crippen molar-refractivity contribution in [3.63, 3.8) is 0 Å². The Morgan fingerprint density at radius 2 is 2.11 bits per heavy atom. The molecule has 102 valence electrons. The molecular formula is C14H18N2O3. The fourth-order valence-electron chi connectivity index (χ4n) is 2.28. The number of nitrogens with two attached hydrogens (primary N) is 1. The van der Waals surface area contributed by atoms with Gasteiger partial charge >= 0.3 is 5.97 Å². The lowest BCUT2D eigenvalue weighted by Crippen LogP contribution is -2.36. The first-order valence-electron chi connectivity index (χ1n) is 6.45. The zero-order valence-electron chi connectivity index (χ0n) is 11.0. The molecule has 1 aliphatic rings. The summed E-state index contributed by atoms with van der Waals surface area (Å²) in [6.07, 6.45) is 1.27. The number of hydrogen-bond acceptors (Lipinski definition) is 4. The largest absolute Gasteiger partial charge is 0.464 e. The maximum Gasteiger partial charge on any atom is 0.333 e. The molecule has 1 fully saturated rings. The minimum Gasteiger partial charge on any atom is -0.464 e. The van der Waals surface area contributed by atoms with Crippen LogP contribution in [0.1, 0.15) is 31.4 Å². The van der Waals surface area contributed by atoms with Crippen LogP contribution in [0.15, 0.2) is 24.3 Å². The summed E-state index contributed by atoms with van der Waals surface area (Å²) >= 11 is 0. The highest BCUT2D eigenvalue weighted by Gasteiger charge is 2.34. The fourth-order valence-corrected chi connectivity index (χ4v) is 2.28. The van der Waals surface area contributed by atoms with Gasteiger partial charge in [-0.1, -0.05) is 12.1 Å². The van der Waals surface area contributed by atoms with E-state index in [1.807, 2.05) is 0 Å². The summed E-state index contributed by atoms with van der Waals surface area (Å²) in [5.74, 6) is -0.391. The first kappa shape index (κ1) is 13.4. The molecule has 0 aliphatic carbocycles. The number of benzene rings is 1. The van der Waals surface area contributed by atoms with Crippen molar-refractivity contribution in [3.05, 3.63) is 29.8 Å². The lowest BCUT2D eigenvalue weighted by atomic mass is 10.1. The third-order valence-electron chi connectivity index (χ3n) is 3.18. The van der Waals surface area contributed by atoms with Gasteiger partial charge < -0.3 is 15.4 Å². The van der Waals surface area contributed by atoms with E-state index in [2.05, 4.69) is 0 Å². The number of carbonyl (C=O) groups is 2. The number of hydrogen-bond donors (Lipinski definition) is 1. The highest BCUT2D eigenvalue weighted by Crippen LogP contribution is 2.27. The molecule has 1 unspecified atom stereocenters. The summed E-state index contributed by atoms with van der Waals surface area (Å²) in [5, 5.41) is 0. The Morgan fingerprint density at radius 3 is 2.63 bits per heavy atom. The van der Waals surface area contributed by atoms with E-state index in [0.717, 1.165) is 12.0 Å². The van der Waals surface area contributed by atoms with E-state index in [4.69, 9.17) is 10.5 Å². The maximum atomic E-state index is 12.1. The topological polar surface area (TPSA) is 72.6 Å². The number of rotatable bonds is 4. The van der Waals surface area contributed by atoms with Crippen LogP contribution in [0.3, 0.4) is 0 Å². The molecule has 0 saturated carbocycles. The van der Waals surface area contributed by atoms with Gasteiger partial charge in [-0.25, -0.2) is 4.79 Å². The van der Waals surface area contributed by atoms with Crippen molar-refractivity contribution in [2.75, 3.05) is 18.9 Å². The molecule has 0 spiro atoms. The molecule has 5 nitrogen and oxygen atoms in total. The van der Waals surface area contributed by atoms with Crippen LogP contribution in [-0.2, 0) is 14.3 Å². The molecule has 1 aromatic carbocycles. The number of nitrogens with zero attached hydrogens (tertiary/aromatic N) is 1. The Morgan fingerprint density at radius 1 is 1.42 bits per heavy atom. The van der Waals surface area contributed by atoms with Gasteiger partial charge in [0.15, 0.2) is 6.04 Å². The number of nitrogen functional groups attached to an aromatic ring is 1. The van der Waals surface area contributed by atoms with E-state index in [1.165, 1.54) is 0 Å². The number of anilines is 1. The molecule has 1 heterocycles. The first-order valence-corrected chi connectivity index (χ1v) is 6.45. The molecule has 1 aromatic rings. The standard InChI is InChI=1S/C14H18N2O3/c1-2-19-14(18)13(16-9-3-4-12(16)17)10-5-7-11(15)8-6-10/h5-8,13H,2-4,9,15H2,1H3. The Balaban J connectivity index is 2.30. The molecule has 5 heteroatoms. The monoisotopic (exact) mass is 262 g/mol. The van der Waals surface area contributed by atoms with E-state index in [9.17, 15) is 9.59 Å². The molecule has 2 N–H and O–H groups in total. The summed E-state index contributed by atoms with van der Waals surface area (Å²) < 4.78 is 5.09. The van der Waals surface area contributed by atoms with Crippen molar-refractivity contribution in [1.29, 1.82) is 0 Å². The second-order valence-corrected chi connectivity index (χ2v) is 4.51. The minimum absolute atomic E-state index is 0.00474. The molecule has 1 saturated heterocycles. The first-order chi connectivity index (χ1) is 9.13. The average molecular weight is 262 g/mol. The predicted octanol–water partition coefficient (Wildman–Crippen LogP) is 1.50. The van der Waals surface area contributed by atoms with Gasteiger partial charge in [-0.3, -0.25) is 4.79 Å². The van der Waals surface area contributed by atoms with Crippen LogP contribution in [0.25, 0.3) is 0 Å². The van der Waals surface area contributed by atoms with E-state index in [1.54, 1.807) is 36.1 Å². The molecule has 1 aliphatic heterocycles. The van der Waals surface area contributed by atoms with Crippen LogP contribution in [-0.4, -0.2) is 29.9 Å². The van der Waals surface area contributed by atoms with E-state index in [-0.39, 0.29) is 11.9 Å². The quantitative estimate of drug-likeness (QED) is 0.659. The van der Waals surface area contributed by atoms with Crippen molar-refractivity contribution < 1.29 is 14.3 Å². The third-order valence-corrected chi connectivity index (χ3v) is 3.18. The summed E-state index contributed by atoms with van der Waals surface area (Å²) in [4.78, 5) is 25.6. The van der Waals surface area contributed by atoms with Gasteiger partial charge in [0.2, 0.25) is 5.91 Å². The van der Waals surface area contributed by atoms with Crippen LogP contribution in [0.2, 0.25) is 0 Å². The number of ether oxygens (including phenoxy) is 1. The van der Waals surface area contributed by atoms with Gasteiger partial charge in [-0.15, -0.1) is 0 Å². The zero-order chi connectivity index (χ0) is 13.8. The van der Waals surface area contributed by atoms with E-state index >= 15 is 0 Å². The highest BCUT2D eigenvalue weighted by atomic mass is 16.5. The number of likely N-dealkylation sites (tertiary alicyclic amines) is 1. The van der Waals surface area contributed by atoms with Crippen molar-refractivity contribution in [2.45, 2.75) is 25.8 Å². The second kappa shape index (κ2) is 5.73. The van der Waals surface area contributed by atoms with Gasteiger partial charge in [0.25, 0.3) is 0 Å². The summed E-state index contributed by atoms with van der Waals surface area (Å²) in [6, 6.07) is 6.32. The molecule has 0 radical (unpaired) electrons. The van der Waals surface area contributed by atoms with Gasteiger partial charge in [0, 0.05) is 18.7 Å². The molecule has 1 amide bonds. The molecule has 19 heavy (non-hydrogen) atoms. The smallest absolute Gasteiger partial charge is 0.333 e. The van der Waals surface area contributed by atoms with Gasteiger partial charge in [0.05, 0.1) is 6.61 Å². The Kier molecular flexibility index (Phi) is 4.04. The Hall–Kier alpha value is -2.04. The average Bonchev–Trinajstić information content (AvgIpc) is 2.79. The van der Waals surface area contributed by atoms with Crippen molar-refractivity contribution >= 4 is 17.6 Å². The molecule has 0 bridgehead atoms. The maximum absolute atomic E-state index is 12.1. The predicted molar refractivity (Wildman–Crippen MR) is 71.2 cm³/mol. The molecule has 0 aromatic heterocycles. The normalized spacial score (nSPS) is 16.5. The molecule has 2 rings (SSSR count). The van der Waals surface area contributed by atoms with Gasteiger partial charge in [0.1, 0.15) is 0 Å². The van der Waals surface area contributed by atoms with Crippen LogP contribution >= 0.6 is 0 Å². The SMILES string of the molecule is CCOC(=O)C(c1ccc(N)cc1)N1CCCC1=O. The Labute approximate surface area is 112 Å². The van der Waals surface area contributed by atoms with Crippen LogP contribution < -0.4 is 5.73 Å². The molecule has 1 atom stereocenters. The van der Waals surface area contributed by atoms with Crippen molar-refractivity contribution in [1.82, 2.24) is 4.90 Å². The second-order valence-electron chi connectivity index (χ2n) is 4.51. The van der Waals surface area contributed by atoms with Crippen molar-refractivity contribution in [3.8, 4) is 0 Å². The van der Waals surface area contributed by atoms with E-state index in [0.29, 0.717) is 25.3 Å². The third kappa shape index (κ3) is 2.86. The number of carbonyl (C=O) groups excluding carboxylic acids is 2. The van der Waals surface area contributed by atoms with Crippen molar-refractivity contribution in [2.24, 2.45) is 0 Å². The van der Waals surface area contributed by atoms with Gasteiger partial charge in [-0.05, 0) is 31.0 Å². The molecular weight excluding hydrogens is 244 g/mol.